The predicted molar refractivity (Wildman–Crippen MR) is 156 cm³/mol. The molecule has 1 aliphatic rings. The first kappa shape index (κ1) is 27.2. The Kier molecular flexibility index (Phi) is 8.30. The minimum absolute atomic E-state index is 0.0729. The monoisotopic (exact) mass is 557 g/mol. The predicted octanol–water partition coefficient (Wildman–Crippen LogP) is 5.25. The van der Waals surface area contributed by atoms with Gasteiger partial charge in [0.25, 0.3) is 5.91 Å². The lowest BCUT2D eigenvalue weighted by Crippen LogP contribution is -2.38. The molecule has 0 atom stereocenters. The van der Waals surface area contributed by atoms with Gasteiger partial charge in [-0.15, -0.1) is 11.3 Å². The van der Waals surface area contributed by atoms with Crippen LogP contribution < -0.4 is 15.1 Å². The maximum Gasteiger partial charge on any atom is 0.305 e. The van der Waals surface area contributed by atoms with Crippen LogP contribution in [0, 0.1) is 6.92 Å². The number of aryl methyl sites for hydroxylation is 1. The number of benzene rings is 1. The Labute approximate surface area is 237 Å². The Morgan fingerprint density at radius 1 is 1.07 bits per heavy atom. The number of aromatic nitrogens is 4. The highest BCUT2D eigenvalue weighted by Crippen LogP contribution is 2.29. The van der Waals surface area contributed by atoms with Gasteiger partial charge in [-0.05, 0) is 31.2 Å². The van der Waals surface area contributed by atoms with E-state index in [1.54, 1.807) is 43.4 Å². The number of esters is 1. The third-order valence-electron chi connectivity index (χ3n) is 6.69. The number of anilines is 4. The van der Waals surface area contributed by atoms with Crippen molar-refractivity contribution in [3.8, 4) is 11.3 Å². The van der Waals surface area contributed by atoms with E-state index in [4.69, 9.17) is 14.7 Å². The molecule has 1 saturated heterocycles. The van der Waals surface area contributed by atoms with Crippen LogP contribution in [-0.4, -0.2) is 58.1 Å². The number of nitrogens with zero attached hydrogens (tertiary/aromatic N) is 6. The Balaban J connectivity index is 1.39. The SMILES string of the molecule is CCC(=O)OC1CCN(c2cc(-c3ccc(C(=O)N(C)c4ccncc4)cc3)nc(Nc3nc(C)cs3)n2)CC1. The molecule has 0 spiro atoms. The lowest BCUT2D eigenvalue weighted by atomic mass is 10.1. The van der Waals surface area contributed by atoms with Crippen LogP contribution in [0.2, 0.25) is 0 Å². The molecule has 1 amide bonds. The zero-order chi connectivity index (χ0) is 28.1. The highest BCUT2D eigenvalue weighted by atomic mass is 32.1. The highest BCUT2D eigenvalue weighted by Gasteiger charge is 2.24. The fourth-order valence-electron chi connectivity index (χ4n) is 4.44. The average Bonchev–Trinajstić information content (AvgIpc) is 3.41. The van der Waals surface area contributed by atoms with Gasteiger partial charge < -0.3 is 14.5 Å². The lowest BCUT2D eigenvalue weighted by Gasteiger charge is -2.32. The fraction of sp³-hybridized carbons (Fsp3) is 0.310. The molecule has 0 saturated carbocycles. The highest BCUT2D eigenvalue weighted by molar-refractivity contribution is 7.13. The maximum atomic E-state index is 13.1. The summed E-state index contributed by atoms with van der Waals surface area (Å²) in [5, 5.41) is 5.92. The zero-order valence-electron chi connectivity index (χ0n) is 22.7. The van der Waals surface area contributed by atoms with Gasteiger partial charge in [-0.1, -0.05) is 19.1 Å². The lowest BCUT2D eigenvalue weighted by molar-refractivity contribution is -0.149. The van der Waals surface area contributed by atoms with E-state index < -0.39 is 0 Å². The van der Waals surface area contributed by atoms with E-state index in [9.17, 15) is 9.59 Å². The minimum atomic E-state index is -0.165. The van der Waals surface area contributed by atoms with E-state index in [1.807, 2.05) is 42.6 Å². The van der Waals surface area contributed by atoms with E-state index in [-0.39, 0.29) is 18.0 Å². The van der Waals surface area contributed by atoms with Crippen molar-refractivity contribution in [2.75, 3.05) is 35.3 Å². The van der Waals surface area contributed by atoms with E-state index in [2.05, 4.69) is 20.2 Å². The molecule has 0 bridgehead atoms. The van der Waals surface area contributed by atoms with Gasteiger partial charge in [0.2, 0.25) is 5.95 Å². The number of hydrogen-bond donors (Lipinski definition) is 1. The summed E-state index contributed by atoms with van der Waals surface area (Å²) in [5.74, 6) is 0.939. The molecule has 1 N–H and O–H groups in total. The van der Waals surface area contributed by atoms with Gasteiger partial charge in [0.1, 0.15) is 11.9 Å². The average molecular weight is 558 g/mol. The standard InChI is InChI=1S/C29H31N7O3S/c1-4-26(37)39-23-11-15-36(16-12-23)25-17-24(32-28(33-25)34-29-31-19(2)18-40-29)20-5-7-21(8-6-20)27(38)35(3)22-9-13-30-14-10-22/h5-10,13-14,17-18,23H,4,11-12,15-16H2,1-3H3,(H,31,32,33,34). The van der Waals surface area contributed by atoms with Crippen LogP contribution in [0.25, 0.3) is 11.3 Å². The van der Waals surface area contributed by atoms with Crippen LogP contribution >= 0.6 is 11.3 Å². The van der Waals surface area contributed by atoms with Crippen molar-refractivity contribution < 1.29 is 14.3 Å². The number of ether oxygens (including phenoxy) is 1. The van der Waals surface area contributed by atoms with Crippen LogP contribution in [0.4, 0.5) is 22.6 Å². The van der Waals surface area contributed by atoms with Gasteiger partial charge in [-0.3, -0.25) is 19.9 Å². The molecule has 1 aliphatic heterocycles. The summed E-state index contributed by atoms with van der Waals surface area (Å²) in [4.78, 5) is 46.6. The van der Waals surface area contributed by atoms with Gasteiger partial charge in [-0.2, -0.15) is 4.98 Å². The van der Waals surface area contributed by atoms with Crippen molar-refractivity contribution in [2.45, 2.75) is 39.2 Å². The largest absolute Gasteiger partial charge is 0.462 e. The summed E-state index contributed by atoms with van der Waals surface area (Å²) in [6, 6.07) is 13.0. The Bertz CT molecular complexity index is 1470. The molecular weight excluding hydrogens is 526 g/mol. The third kappa shape index (κ3) is 6.42. The zero-order valence-corrected chi connectivity index (χ0v) is 23.5. The number of carbonyl (C=O) groups excluding carboxylic acids is 2. The first-order chi connectivity index (χ1) is 19.4. The molecule has 206 valence electrons. The van der Waals surface area contributed by atoms with Crippen molar-refractivity contribution in [1.29, 1.82) is 0 Å². The summed E-state index contributed by atoms with van der Waals surface area (Å²) >= 11 is 1.49. The van der Waals surface area contributed by atoms with Crippen molar-refractivity contribution in [1.82, 2.24) is 19.9 Å². The van der Waals surface area contributed by atoms with Gasteiger partial charge in [-0.25, -0.2) is 9.97 Å². The van der Waals surface area contributed by atoms with E-state index in [1.165, 1.54) is 11.3 Å². The molecule has 4 aromatic rings. The fourth-order valence-corrected chi connectivity index (χ4v) is 5.12. The summed E-state index contributed by atoms with van der Waals surface area (Å²) in [7, 11) is 1.74. The van der Waals surface area contributed by atoms with Crippen molar-refractivity contribution in [2.24, 2.45) is 0 Å². The second-order valence-electron chi connectivity index (χ2n) is 9.53. The van der Waals surface area contributed by atoms with Crippen molar-refractivity contribution in [3.05, 3.63) is 71.5 Å². The number of rotatable bonds is 8. The topological polar surface area (TPSA) is 113 Å². The summed E-state index contributed by atoms with van der Waals surface area (Å²) in [6.45, 7) is 5.17. The molecule has 0 aliphatic carbocycles. The quantitative estimate of drug-likeness (QED) is 0.290. The van der Waals surface area contributed by atoms with Crippen LogP contribution in [0.5, 0.6) is 0 Å². The molecular formula is C29H31N7O3S. The van der Waals surface area contributed by atoms with Crippen LogP contribution in [-0.2, 0) is 9.53 Å². The van der Waals surface area contributed by atoms with E-state index >= 15 is 0 Å². The number of thiazole rings is 1. The van der Waals surface area contributed by atoms with Crippen LogP contribution in [0.1, 0.15) is 42.2 Å². The number of pyridine rings is 1. The normalized spacial score (nSPS) is 13.6. The summed E-state index contributed by atoms with van der Waals surface area (Å²) in [5.41, 5.74) is 3.84. The Morgan fingerprint density at radius 2 is 1.80 bits per heavy atom. The van der Waals surface area contributed by atoms with Crippen LogP contribution in [0.15, 0.2) is 60.2 Å². The van der Waals surface area contributed by atoms with Gasteiger partial charge in [0.15, 0.2) is 5.13 Å². The second-order valence-corrected chi connectivity index (χ2v) is 10.4. The number of amides is 1. The van der Waals surface area contributed by atoms with Crippen LogP contribution in [0.3, 0.4) is 0 Å². The molecule has 1 aromatic carbocycles. The molecule has 0 radical (unpaired) electrons. The number of piperidine rings is 1. The number of nitrogens with one attached hydrogen (secondary N) is 1. The molecule has 3 aromatic heterocycles. The number of hydrogen-bond acceptors (Lipinski definition) is 10. The third-order valence-corrected chi connectivity index (χ3v) is 7.56. The van der Waals surface area contributed by atoms with Crippen molar-refractivity contribution in [3.63, 3.8) is 0 Å². The van der Waals surface area contributed by atoms with Crippen molar-refractivity contribution >= 4 is 45.8 Å². The first-order valence-electron chi connectivity index (χ1n) is 13.2. The van der Waals surface area contributed by atoms with Gasteiger partial charge >= 0.3 is 5.97 Å². The van der Waals surface area contributed by atoms with E-state index in [0.29, 0.717) is 36.2 Å². The molecule has 1 fully saturated rings. The summed E-state index contributed by atoms with van der Waals surface area (Å²) < 4.78 is 5.55. The van der Waals surface area contributed by atoms with Gasteiger partial charge in [0.05, 0.1) is 11.4 Å². The minimum Gasteiger partial charge on any atom is -0.462 e. The Hall–Kier alpha value is -4.38. The molecule has 0 unspecified atom stereocenters. The smallest absolute Gasteiger partial charge is 0.305 e. The second kappa shape index (κ2) is 12.2. The van der Waals surface area contributed by atoms with Gasteiger partial charge in [0, 0.05) is 80.1 Å². The molecule has 4 heterocycles. The first-order valence-corrected chi connectivity index (χ1v) is 14.1. The molecule has 11 heteroatoms. The summed E-state index contributed by atoms with van der Waals surface area (Å²) in [6.07, 6.45) is 5.10. The number of carbonyl (C=O) groups is 2. The Morgan fingerprint density at radius 3 is 2.45 bits per heavy atom. The maximum absolute atomic E-state index is 13.1. The molecule has 5 rings (SSSR count). The molecule has 40 heavy (non-hydrogen) atoms. The molecule has 10 nitrogen and oxygen atoms in total. The van der Waals surface area contributed by atoms with E-state index in [0.717, 1.165) is 41.3 Å².